The third kappa shape index (κ3) is 3.65. The summed E-state index contributed by atoms with van der Waals surface area (Å²) in [5.74, 6) is -1.15. The summed E-state index contributed by atoms with van der Waals surface area (Å²) in [6.07, 6.45) is 0. The van der Waals surface area contributed by atoms with Crippen LogP contribution in [0.1, 0.15) is 21.8 Å². The topological polar surface area (TPSA) is 54.9 Å². The van der Waals surface area contributed by atoms with E-state index in [-0.39, 0.29) is 15.2 Å². The zero-order valence-electron chi connectivity index (χ0n) is 14.9. The average molecular weight is 441 g/mol. The number of nitrogens with zero attached hydrogens (tertiary/aromatic N) is 1. The summed E-state index contributed by atoms with van der Waals surface area (Å²) in [5, 5.41) is 0.758. The maximum atomic E-state index is 13.6. The van der Waals surface area contributed by atoms with Gasteiger partial charge >= 0.3 is 0 Å². The zero-order valence-corrected chi connectivity index (χ0v) is 17.3. The molecule has 1 heterocycles. The lowest BCUT2D eigenvalue weighted by Crippen LogP contribution is -2.32. The largest absolute Gasteiger partial charge is 0.330 e. The van der Waals surface area contributed by atoms with E-state index in [1.165, 1.54) is 12.1 Å². The van der Waals surface area contributed by atoms with Crippen LogP contribution in [-0.2, 0) is 0 Å². The molecule has 7 heteroatoms. The summed E-state index contributed by atoms with van der Waals surface area (Å²) in [4.78, 5) is 29.7. The van der Waals surface area contributed by atoms with Gasteiger partial charge in [0.05, 0.1) is 21.8 Å². The summed E-state index contributed by atoms with van der Waals surface area (Å²) >= 11 is 17.6. The van der Waals surface area contributed by atoms with Crippen molar-refractivity contribution in [3.8, 4) is 0 Å². The Morgan fingerprint density at radius 3 is 2.03 bits per heavy atom. The predicted octanol–water partition coefficient (Wildman–Crippen LogP) is 5.84. The normalized spacial score (nSPS) is 11.1. The second kappa shape index (κ2) is 7.95. The number of hydrogen-bond donors (Lipinski definition) is 1. The maximum absolute atomic E-state index is 13.6. The summed E-state index contributed by atoms with van der Waals surface area (Å²) in [5.41, 5.74) is 1.31. The number of aromatic amines is 1. The van der Waals surface area contributed by atoms with Crippen molar-refractivity contribution in [2.75, 3.05) is 0 Å². The van der Waals surface area contributed by atoms with Gasteiger partial charge in [-0.1, -0.05) is 83.9 Å². The Labute approximate surface area is 181 Å². The molecule has 0 saturated carbocycles. The summed E-state index contributed by atoms with van der Waals surface area (Å²) in [7, 11) is 0. The van der Waals surface area contributed by atoms with E-state index in [0.717, 1.165) is 15.7 Å². The second-order valence-electron chi connectivity index (χ2n) is 6.47. The molecule has 4 aromatic rings. The lowest BCUT2D eigenvalue weighted by atomic mass is 9.90. The van der Waals surface area contributed by atoms with Crippen LogP contribution in [0, 0.1) is 4.77 Å². The third-order valence-corrected chi connectivity index (χ3v) is 5.46. The van der Waals surface area contributed by atoms with E-state index in [4.69, 9.17) is 35.4 Å². The van der Waals surface area contributed by atoms with E-state index in [1.807, 2.05) is 60.7 Å². The van der Waals surface area contributed by atoms with E-state index >= 15 is 0 Å². The van der Waals surface area contributed by atoms with Gasteiger partial charge in [0.15, 0.2) is 4.77 Å². The van der Waals surface area contributed by atoms with Gasteiger partial charge in [0, 0.05) is 5.02 Å². The lowest BCUT2D eigenvalue weighted by Gasteiger charge is -2.18. The molecule has 4 rings (SSSR count). The molecule has 3 aromatic carbocycles. The van der Waals surface area contributed by atoms with Crippen LogP contribution in [0.2, 0.25) is 10.0 Å². The Morgan fingerprint density at radius 1 is 0.931 bits per heavy atom. The first-order valence-corrected chi connectivity index (χ1v) is 9.92. The van der Waals surface area contributed by atoms with Crippen LogP contribution in [0.15, 0.2) is 77.6 Å². The van der Waals surface area contributed by atoms with Crippen LogP contribution in [0.5, 0.6) is 0 Å². The number of carbonyl (C=O) groups excluding carboxylic acids is 1. The van der Waals surface area contributed by atoms with E-state index < -0.39 is 17.4 Å². The highest BCUT2D eigenvalue weighted by Crippen LogP contribution is 2.28. The Hall–Kier alpha value is -2.73. The number of rotatable bonds is 3. The molecule has 1 N–H and O–H groups in total. The van der Waals surface area contributed by atoms with Crippen molar-refractivity contribution in [3.05, 3.63) is 109 Å². The third-order valence-electron chi connectivity index (χ3n) is 4.66. The van der Waals surface area contributed by atoms with Crippen molar-refractivity contribution in [2.45, 2.75) is 5.92 Å². The zero-order chi connectivity index (χ0) is 20.5. The van der Waals surface area contributed by atoms with Gasteiger partial charge < -0.3 is 4.98 Å². The Bertz CT molecular complexity index is 1290. The molecule has 0 fully saturated rings. The van der Waals surface area contributed by atoms with E-state index in [9.17, 15) is 9.59 Å². The van der Waals surface area contributed by atoms with Crippen LogP contribution >= 0.6 is 35.4 Å². The number of carbonyl (C=O) groups is 1. The molecule has 4 nitrogen and oxygen atoms in total. The molecule has 144 valence electrons. The minimum atomic E-state index is -0.697. The van der Waals surface area contributed by atoms with Gasteiger partial charge in [0.1, 0.15) is 0 Å². The highest BCUT2D eigenvalue weighted by molar-refractivity contribution is 7.71. The van der Waals surface area contributed by atoms with Crippen molar-refractivity contribution in [1.29, 1.82) is 0 Å². The van der Waals surface area contributed by atoms with Crippen LogP contribution in [0.3, 0.4) is 0 Å². The highest BCUT2D eigenvalue weighted by atomic mass is 35.5. The number of hydrogen-bond acceptors (Lipinski definition) is 3. The van der Waals surface area contributed by atoms with Gasteiger partial charge in [-0.15, -0.1) is 0 Å². The molecule has 0 bridgehead atoms. The molecular formula is C22H14Cl2N2O2S. The molecule has 0 spiro atoms. The molecular weight excluding hydrogens is 427 g/mol. The summed E-state index contributed by atoms with van der Waals surface area (Å²) < 4.78 is 0.961. The maximum Gasteiger partial charge on any atom is 0.269 e. The highest BCUT2D eigenvalue weighted by Gasteiger charge is 2.26. The quantitative estimate of drug-likeness (QED) is 0.407. The van der Waals surface area contributed by atoms with Gasteiger partial charge in [-0.05, 0) is 35.5 Å². The summed E-state index contributed by atoms with van der Waals surface area (Å²) in [6.45, 7) is 0. The van der Waals surface area contributed by atoms with Crippen LogP contribution in [0.25, 0.3) is 10.9 Å². The summed E-state index contributed by atoms with van der Waals surface area (Å²) in [6, 6.07) is 21.5. The van der Waals surface area contributed by atoms with E-state index in [0.29, 0.717) is 10.5 Å². The van der Waals surface area contributed by atoms with Crippen molar-refractivity contribution in [1.82, 2.24) is 9.55 Å². The van der Waals surface area contributed by atoms with Crippen LogP contribution in [-0.4, -0.2) is 15.5 Å². The molecule has 1 aromatic heterocycles. The number of halogens is 2. The minimum absolute atomic E-state index is 0.0198. The average Bonchev–Trinajstić information content (AvgIpc) is 2.71. The predicted molar refractivity (Wildman–Crippen MR) is 119 cm³/mol. The Kier molecular flexibility index (Phi) is 5.37. The fourth-order valence-electron chi connectivity index (χ4n) is 3.34. The van der Waals surface area contributed by atoms with Crippen LogP contribution in [0.4, 0.5) is 0 Å². The number of H-pyrrole nitrogens is 1. The van der Waals surface area contributed by atoms with Crippen molar-refractivity contribution < 1.29 is 4.79 Å². The van der Waals surface area contributed by atoms with Gasteiger partial charge in [-0.25, -0.2) is 4.57 Å². The SMILES string of the molecule is O=C(C(c1ccccc1)c1ccccc1)n1c(=S)[nH]c2c(Cl)cc(Cl)cc2c1=O. The number of aromatic nitrogens is 2. The lowest BCUT2D eigenvalue weighted by molar-refractivity contribution is 0.0886. The minimum Gasteiger partial charge on any atom is -0.330 e. The van der Waals surface area contributed by atoms with Gasteiger partial charge in [0.25, 0.3) is 5.56 Å². The van der Waals surface area contributed by atoms with Crippen LogP contribution < -0.4 is 5.56 Å². The molecule has 0 amide bonds. The smallest absolute Gasteiger partial charge is 0.269 e. The first-order valence-electron chi connectivity index (χ1n) is 8.75. The second-order valence-corrected chi connectivity index (χ2v) is 7.70. The first kappa shape index (κ1) is 19.6. The first-order chi connectivity index (χ1) is 14.0. The van der Waals surface area contributed by atoms with E-state index in [2.05, 4.69) is 4.98 Å². The molecule has 0 unspecified atom stereocenters. The fourth-order valence-corrected chi connectivity index (χ4v) is 4.16. The number of benzene rings is 3. The molecule has 0 saturated heterocycles. The number of fused-ring (bicyclic) bond motifs is 1. The van der Waals surface area contributed by atoms with Crippen molar-refractivity contribution >= 4 is 52.2 Å². The van der Waals surface area contributed by atoms with E-state index in [1.54, 1.807) is 0 Å². The fraction of sp³-hybridized carbons (Fsp3) is 0.0455. The van der Waals surface area contributed by atoms with Gasteiger partial charge in [0.2, 0.25) is 5.91 Å². The van der Waals surface area contributed by atoms with Crippen molar-refractivity contribution in [2.24, 2.45) is 0 Å². The van der Waals surface area contributed by atoms with Gasteiger partial charge in [-0.2, -0.15) is 0 Å². The molecule has 0 aliphatic carbocycles. The molecule has 29 heavy (non-hydrogen) atoms. The van der Waals surface area contributed by atoms with Crippen molar-refractivity contribution in [3.63, 3.8) is 0 Å². The molecule has 0 atom stereocenters. The molecule has 0 radical (unpaired) electrons. The standard InChI is InChI=1S/C22H14Cl2N2O2S/c23-15-11-16-19(17(24)12-15)25-22(29)26(20(16)27)21(28)18(13-7-3-1-4-8-13)14-9-5-2-6-10-14/h1-12,18H,(H,25,29). The monoisotopic (exact) mass is 440 g/mol. The molecule has 0 aliphatic heterocycles. The Morgan fingerprint density at radius 2 is 1.48 bits per heavy atom. The number of nitrogens with one attached hydrogen (secondary N) is 1. The Balaban J connectivity index is 1.97. The molecule has 0 aliphatic rings. The van der Waals surface area contributed by atoms with Gasteiger partial charge in [-0.3, -0.25) is 9.59 Å².